The Bertz CT molecular complexity index is 1620. The molecular weight excluding hydrogens is 961 g/mol. The van der Waals surface area contributed by atoms with E-state index in [-0.39, 0.29) is 37.5 Å². The Hall–Kier alpha value is -4.19. The van der Waals surface area contributed by atoms with Crippen molar-refractivity contribution in [3.8, 4) is 0 Å². The lowest BCUT2D eigenvalue weighted by Gasteiger charge is -2.18. The fourth-order valence-electron chi connectivity index (χ4n) is 8.82. The van der Waals surface area contributed by atoms with E-state index in [1.807, 2.05) is 0 Å². The summed E-state index contributed by atoms with van der Waals surface area (Å²) in [6.07, 6.45) is 90.9. The zero-order valence-corrected chi connectivity index (χ0v) is 50.9. The number of rotatable bonds is 58. The monoisotopic (exact) mass is 1080 g/mol. The lowest BCUT2D eigenvalue weighted by atomic mass is 10.0. The molecule has 0 radical (unpaired) electrons. The molecule has 1 atom stereocenters. The number of allylic oxidation sites excluding steroid dienone is 20. The molecule has 0 aliphatic heterocycles. The van der Waals surface area contributed by atoms with Crippen molar-refractivity contribution in [2.45, 2.75) is 303 Å². The maximum absolute atomic E-state index is 12.9. The van der Waals surface area contributed by atoms with E-state index in [9.17, 15) is 14.4 Å². The van der Waals surface area contributed by atoms with Gasteiger partial charge in [0.1, 0.15) is 13.2 Å². The summed E-state index contributed by atoms with van der Waals surface area (Å²) < 4.78 is 16.8. The molecule has 78 heavy (non-hydrogen) atoms. The number of ether oxygens (including phenoxy) is 3. The predicted octanol–water partition coefficient (Wildman–Crippen LogP) is 22.4. The van der Waals surface area contributed by atoms with Gasteiger partial charge in [0.05, 0.1) is 0 Å². The van der Waals surface area contributed by atoms with Gasteiger partial charge in [0.2, 0.25) is 0 Å². The Labute approximate surface area is 482 Å². The van der Waals surface area contributed by atoms with Crippen LogP contribution in [0.4, 0.5) is 0 Å². The SMILES string of the molecule is CC/C=C\C/C=C\C/C=C\C/C=C\C/C=C\C/C=C\C/C=C\CCCC(=O)OC(COC(=O)CCCCCCC/C=C\CCC)COC(=O)CCCCCCCCCCCCCCCCC/C=C\C/C=C\CCCCCCC. The van der Waals surface area contributed by atoms with E-state index in [2.05, 4.69) is 142 Å². The Morgan fingerprint density at radius 1 is 0.269 bits per heavy atom. The van der Waals surface area contributed by atoms with Crippen molar-refractivity contribution < 1.29 is 28.6 Å². The molecule has 0 N–H and O–H groups in total. The van der Waals surface area contributed by atoms with Crippen LogP contribution in [0, 0.1) is 0 Å². The van der Waals surface area contributed by atoms with Gasteiger partial charge in [-0.2, -0.15) is 0 Å². The first kappa shape index (κ1) is 73.8. The zero-order chi connectivity index (χ0) is 56.4. The van der Waals surface area contributed by atoms with E-state index in [0.29, 0.717) is 19.3 Å². The van der Waals surface area contributed by atoms with Gasteiger partial charge in [-0.25, -0.2) is 0 Å². The number of carbonyl (C=O) groups is 3. The fourth-order valence-corrected chi connectivity index (χ4v) is 8.82. The van der Waals surface area contributed by atoms with Crippen LogP contribution in [0.2, 0.25) is 0 Å². The Kier molecular flexibility index (Phi) is 61.8. The third-order valence-corrected chi connectivity index (χ3v) is 13.7. The van der Waals surface area contributed by atoms with Gasteiger partial charge in [-0.3, -0.25) is 14.4 Å². The smallest absolute Gasteiger partial charge is 0.306 e. The van der Waals surface area contributed by atoms with E-state index in [1.54, 1.807) is 0 Å². The molecule has 0 aromatic carbocycles. The molecule has 0 aliphatic carbocycles. The highest BCUT2D eigenvalue weighted by atomic mass is 16.6. The van der Waals surface area contributed by atoms with Gasteiger partial charge in [0.25, 0.3) is 0 Å². The van der Waals surface area contributed by atoms with Crippen LogP contribution in [0.15, 0.2) is 122 Å². The van der Waals surface area contributed by atoms with Crippen LogP contribution in [0.25, 0.3) is 0 Å². The highest BCUT2D eigenvalue weighted by Gasteiger charge is 2.19. The molecule has 0 spiro atoms. The lowest BCUT2D eigenvalue weighted by molar-refractivity contribution is -0.167. The van der Waals surface area contributed by atoms with Gasteiger partial charge in [-0.05, 0) is 122 Å². The first-order chi connectivity index (χ1) is 38.5. The summed E-state index contributed by atoms with van der Waals surface area (Å²) in [6, 6.07) is 0. The highest BCUT2D eigenvalue weighted by molar-refractivity contribution is 5.71. The second-order valence-corrected chi connectivity index (χ2v) is 21.3. The first-order valence-electron chi connectivity index (χ1n) is 32.5. The summed E-state index contributed by atoms with van der Waals surface area (Å²) in [6.45, 7) is 6.41. The molecular formula is C72H120O6. The molecule has 0 fully saturated rings. The average Bonchev–Trinajstić information content (AvgIpc) is 3.44. The van der Waals surface area contributed by atoms with Crippen LogP contribution in [-0.4, -0.2) is 37.2 Å². The summed E-state index contributed by atoms with van der Waals surface area (Å²) in [4.78, 5) is 38.2. The second kappa shape index (κ2) is 65.3. The predicted molar refractivity (Wildman–Crippen MR) is 339 cm³/mol. The minimum Gasteiger partial charge on any atom is -0.462 e. The number of carbonyl (C=O) groups excluding carboxylic acids is 3. The summed E-state index contributed by atoms with van der Waals surface area (Å²) in [5.74, 6) is -0.973. The largest absolute Gasteiger partial charge is 0.462 e. The number of hydrogen-bond acceptors (Lipinski definition) is 6. The van der Waals surface area contributed by atoms with Crippen LogP contribution < -0.4 is 0 Å². The summed E-state index contributed by atoms with van der Waals surface area (Å²) in [7, 11) is 0. The van der Waals surface area contributed by atoms with Crippen LogP contribution in [-0.2, 0) is 28.6 Å². The Morgan fingerprint density at radius 3 is 0.885 bits per heavy atom. The van der Waals surface area contributed by atoms with Crippen molar-refractivity contribution >= 4 is 17.9 Å². The molecule has 0 rings (SSSR count). The number of esters is 3. The van der Waals surface area contributed by atoms with E-state index < -0.39 is 6.10 Å². The van der Waals surface area contributed by atoms with Gasteiger partial charge in [-0.15, -0.1) is 0 Å². The molecule has 0 amide bonds. The van der Waals surface area contributed by atoms with Crippen molar-refractivity contribution in [1.82, 2.24) is 0 Å². The van der Waals surface area contributed by atoms with E-state index >= 15 is 0 Å². The van der Waals surface area contributed by atoms with Crippen molar-refractivity contribution in [1.29, 1.82) is 0 Å². The van der Waals surface area contributed by atoms with Crippen molar-refractivity contribution in [2.75, 3.05) is 13.2 Å². The Balaban J connectivity index is 4.32. The fraction of sp³-hybridized carbons (Fsp3) is 0.681. The maximum Gasteiger partial charge on any atom is 0.306 e. The third-order valence-electron chi connectivity index (χ3n) is 13.7. The van der Waals surface area contributed by atoms with Crippen LogP contribution in [0.5, 0.6) is 0 Å². The van der Waals surface area contributed by atoms with Crippen molar-refractivity contribution in [2.24, 2.45) is 0 Å². The van der Waals surface area contributed by atoms with E-state index in [4.69, 9.17) is 14.2 Å². The zero-order valence-electron chi connectivity index (χ0n) is 50.9. The first-order valence-corrected chi connectivity index (χ1v) is 32.5. The lowest BCUT2D eigenvalue weighted by Crippen LogP contribution is -2.30. The molecule has 0 aromatic heterocycles. The minimum absolute atomic E-state index is 0.105. The second-order valence-electron chi connectivity index (χ2n) is 21.3. The number of hydrogen-bond donors (Lipinski definition) is 0. The summed E-state index contributed by atoms with van der Waals surface area (Å²) in [5.41, 5.74) is 0. The highest BCUT2D eigenvalue weighted by Crippen LogP contribution is 2.16. The van der Waals surface area contributed by atoms with Gasteiger partial charge < -0.3 is 14.2 Å². The summed E-state index contributed by atoms with van der Waals surface area (Å²) in [5, 5.41) is 0. The summed E-state index contributed by atoms with van der Waals surface area (Å²) >= 11 is 0. The van der Waals surface area contributed by atoms with Gasteiger partial charge in [0.15, 0.2) is 6.10 Å². The third kappa shape index (κ3) is 62.7. The Morgan fingerprint density at radius 2 is 0.538 bits per heavy atom. The maximum atomic E-state index is 12.9. The topological polar surface area (TPSA) is 78.9 Å². The van der Waals surface area contributed by atoms with Gasteiger partial charge in [-0.1, -0.05) is 277 Å². The van der Waals surface area contributed by atoms with Gasteiger partial charge in [0, 0.05) is 19.3 Å². The molecule has 0 saturated carbocycles. The quantitative estimate of drug-likeness (QED) is 0.0261. The van der Waals surface area contributed by atoms with E-state index in [1.165, 1.54) is 135 Å². The van der Waals surface area contributed by atoms with Gasteiger partial charge >= 0.3 is 17.9 Å². The molecule has 0 heterocycles. The number of unbranched alkanes of at least 4 members (excludes halogenated alkanes) is 27. The normalized spacial score (nSPS) is 12.9. The molecule has 0 aliphatic rings. The minimum atomic E-state index is -0.815. The molecule has 1 unspecified atom stereocenters. The van der Waals surface area contributed by atoms with Crippen molar-refractivity contribution in [3.63, 3.8) is 0 Å². The van der Waals surface area contributed by atoms with E-state index in [0.717, 1.165) is 116 Å². The molecule has 444 valence electrons. The molecule has 0 bridgehead atoms. The molecule has 6 nitrogen and oxygen atoms in total. The van der Waals surface area contributed by atoms with Crippen LogP contribution >= 0.6 is 0 Å². The molecule has 0 saturated heterocycles. The average molecular weight is 1080 g/mol. The van der Waals surface area contributed by atoms with Crippen molar-refractivity contribution in [3.05, 3.63) is 122 Å². The van der Waals surface area contributed by atoms with Crippen LogP contribution in [0.1, 0.15) is 297 Å². The standard InChI is InChI=1S/C72H120O6/c1-4-7-10-13-16-19-22-24-26-28-30-32-34-35-36-37-39-40-42-44-46-48-50-53-56-59-62-65-71(74)77-68-69(67-76-70(73)64-61-58-55-52-21-18-15-12-9-6-3)78-72(75)66-63-60-57-54-51-49-47-45-43-41-38-33-31-29-27-25-23-20-17-14-11-8-5-2/h8,11-12,15,17,20,22,24-25,27-28,30-31,33,41,43,47,49,54,57,69H,4-7,9-10,13-14,16,18-19,21,23,26,29,32,34-40,42,44-46,48,50-53,55-56,58-68H2,1-3H3/b11-8-,15-12-,20-17-,24-22-,27-25-,30-28-,33-31-,43-41-,49-47-,57-54-. The molecule has 0 aromatic rings. The molecule has 6 heteroatoms. The van der Waals surface area contributed by atoms with Crippen LogP contribution in [0.3, 0.4) is 0 Å².